The van der Waals surface area contributed by atoms with E-state index in [0.29, 0.717) is 104 Å². The maximum atomic E-state index is 13.8. The molecule has 0 unspecified atom stereocenters. The highest BCUT2D eigenvalue weighted by Gasteiger charge is 2.32. The third-order valence-corrected chi connectivity index (χ3v) is 14.8. The Balaban J connectivity index is 0.000000194. The van der Waals surface area contributed by atoms with Gasteiger partial charge in [0.15, 0.2) is 0 Å². The van der Waals surface area contributed by atoms with Crippen molar-refractivity contribution in [2.75, 3.05) is 36.0 Å². The van der Waals surface area contributed by atoms with Gasteiger partial charge in [0.25, 0.3) is 11.1 Å². The van der Waals surface area contributed by atoms with E-state index in [0.717, 1.165) is 36.8 Å². The molecule has 2 aliphatic rings. The van der Waals surface area contributed by atoms with Gasteiger partial charge < -0.3 is 59.0 Å². The second-order valence-electron chi connectivity index (χ2n) is 22.3. The number of benzene rings is 4. The summed E-state index contributed by atoms with van der Waals surface area (Å²) in [7, 11) is 3.36. The van der Waals surface area contributed by atoms with Crippen molar-refractivity contribution in [1.29, 1.82) is 0 Å². The van der Waals surface area contributed by atoms with Crippen molar-refractivity contribution in [3.05, 3.63) is 138 Å². The maximum Gasteiger partial charge on any atom is 0.407 e. The number of carbonyl (C=O) groups is 4. The van der Waals surface area contributed by atoms with Crippen LogP contribution < -0.4 is 37.3 Å². The van der Waals surface area contributed by atoms with Gasteiger partial charge in [-0.15, -0.1) is 0 Å². The zero-order valence-corrected chi connectivity index (χ0v) is 47.4. The molecule has 5 N–H and O–H groups in total. The molecule has 22 heteroatoms. The molecule has 6 heterocycles. The Bertz CT molecular complexity index is 3620. The van der Waals surface area contributed by atoms with Crippen LogP contribution in [-0.4, -0.2) is 107 Å². The number of aromatic carboxylic acids is 1. The number of nitrogens with one attached hydrogen (secondary N) is 2. The lowest BCUT2D eigenvalue weighted by atomic mass is 10.1. The summed E-state index contributed by atoms with van der Waals surface area (Å²) in [6.07, 6.45) is 2.20. The summed E-state index contributed by atoms with van der Waals surface area (Å²) >= 11 is 13.1. The van der Waals surface area contributed by atoms with Crippen molar-refractivity contribution in [2.45, 2.75) is 104 Å². The molecule has 10 rings (SSSR count). The second kappa shape index (κ2) is 22.6. The van der Waals surface area contributed by atoms with Gasteiger partial charge in [-0.2, -0.15) is 0 Å². The van der Waals surface area contributed by atoms with E-state index in [1.807, 2.05) is 93.1 Å². The van der Waals surface area contributed by atoms with E-state index in [9.17, 15) is 33.9 Å². The fourth-order valence-corrected chi connectivity index (χ4v) is 10.8. The summed E-state index contributed by atoms with van der Waals surface area (Å²) in [6, 6.07) is 24.2. The normalized spacial score (nSPS) is 15.9. The lowest BCUT2D eigenvalue weighted by Crippen LogP contribution is -2.49. The number of imidazole rings is 2. The molecule has 2 fully saturated rings. The number of amides is 3. The number of fused-ring (bicyclic) bond motifs is 6. The van der Waals surface area contributed by atoms with E-state index in [4.69, 9.17) is 48.4 Å². The predicted octanol–water partition coefficient (Wildman–Crippen LogP) is 8.96. The maximum absolute atomic E-state index is 13.8. The van der Waals surface area contributed by atoms with Gasteiger partial charge in [-0.3, -0.25) is 14.4 Å². The van der Waals surface area contributed by atoms with Crippen LogP contribution in [-0.2, 0) is 36.7 Å². The van der Waals surface area contributed by atoms with Crippen molar-refractivity contribution in [3.8, 4) is 0 Å². The highest BCUT2D eigenvalue weighted by molar-refractivity contribution is 6.31. The van der Waals surface area contributed by atoms with Crippen LogP contribution in [0.2, 0.25) is 10.0 Å². The van der Waals surface area contributed by atoms with Crippen molar-refractivity contribution in [2.24, 2.45) is 19.8 Å². The summed E-state index contributed by atoms with van der Waals surface area (Å²) in [5.74, 6) is -0.492. The van der Waals surface area contributed by atoms with Gasteiger partial charge in [-0.05, 0) is 127 Å². The molecule has 0 aliphatic carbocycles. The van der Waals surface area contributed by atoms with Gasteiger partial charge in [0.2, 0.25) is 17.8 Å². The quantitative estimate of drug-likeness (QED) is 0.100. The molecule has 2 aliphatic heterocycles. The number of nitrogens with two attached hydrogens (primary N) is 1. The minimum absolute atomic E-state index is 0.106. The Kier molecular flexibility index (Phi) is 16.0. The number of alkyl carbamates (subject to hydrolysis) is 2. The third-order valence-electron chi connectivity index (χ3n) is 14.1. The first kappa shape index (κ1) is 56.6. The molecular weight excluding hydrogens is 1070 g/mol. The standard InChI is InChI=1S/C29H33ClN6O4.C29H32ClN5O5/c1-29(2,3)40-28(39)32-19-9-7-13-35(16-19)27-33-23-20-14-17(25(31)37)11-12-22(20)34(4)26(38)24(23)36(27)15-18-8-5-6-10-21(18)30;1-29(2,3)40-28(39)31-19-9-7-13-34(16-19)27-32-23-20-14-17(26(37)38)11-12-22(20)33(4)25(36)24(23)35(27)15-18-8-5-6-10-21(18)30/h5-6,8,10-12,14,19H,7,9,13,15-16H2,1-4H3,(H2,31,37)(H,32,39);5-6,8,10-12,14,19H,7,9,13,15-16H2,1-4H3,(H,31,39)(H,37,38)/t2*19-/m11/s1. The van der Waals surface area contributed by atoms with E-state index in [1.165, 1.54) is 10.6 Å². The molecular formula is C58H65Cl2N11O9. The summed E-state index contributed by atoms with van der Waals surface area (Å²) in [5.41, 5.74) is 8.84. The summed E-state index contributed by atoms with van der Waals surface area (Å²) in [6.45, 7) is 13.8. The van der Waals surface area contributed by atoms with Gasteiger partial charge in [-0.1, -0.05) is 59.6 Å². The van der Waals surface area contributed by atoms with Crippen LogP contribution >= 0.6 is 23.2 Å². The zero-order valence-electron chi connectivity index (χ0n) is 45.9. The number of nitrogens with zero attached hydrogens (tertiary/aromatic N) is 8. The molecule has 0 spiro atoms. The first-order chi connectivity index (χ1) is 37.8. The minimum atomic E-state index is -1.06. The number of carboxylic acids is 1. The van der Waals surface area contributed by atoms with Crippen LogP contribution in [0.4, 0.5) is 21.5 Å². The number of carboxylic acid groups (broad SMARTS) is 1. The second-order valence-corrected chi connectivity index (χ2v) is 23.1. The zero-order chi connectivity index (χ0) is 57.5. The topological polar surface area (TPSA) is 243 Å². The molecule has 420 valence electrons. The fourth-order valence-electron chi connectivity index (χ4n) is 10.4. The molecule has 80 heavy (non-hydrogen) atoms. The molecule has 0 radical (unpaired) electrons. The van der Waals surface area contributed by atoms with Gasteiger partial charge in [0, 0.05) is 78.7 Å². The van der Waals surface area contributed by atoms with Crippen LogP contribution in [0.1, 0.15) is 99.1 Å². The van der Waals surface area contributed by atoms with Gasteiger partial charge in [0.05, 0.1) is 29.7 Å². The number of hydrogen-bond acceptors (Lipinski definition) is 12. The Morgan fingerprint density at radius 3 is 1.43 bits per heavy atom. The van der Waals surface area contributed by atoms with E-state index < -0.39 is 35.3 Å². The number of rotatable bonds is 10. The largest absolute Gasteiger partial charge is 0.478 e. The van der Waals surface area contributed by atoms with Gasteiger partial charge >= 0.3 is 18.2 Å². The van der Waals surface area contributed by atoms with Crippen LogP contribution in [0, 0.1) is 0 Å². The van der Waals surface area contributed by atoms with Crippen molar-refractivity contribution in [3.63, 3.8) is 0 Å². The van der Waals surface area contributed by atoms with Gasteiger partial charge in [0.1, 0.15) is 33.3 Å². The average molecular weight is 1130 g/mol. The Morgan fingerprint density at radius 2 is 1.04 bits per heavy atom. The molecule has 4 aromatic carbocycles. The number of ether oxygens (including phenoxy) is 2. The number of carbonyl (C=O) groups excluding carboxylic acids is 3. The first-order valence-electron chi connectivity index (χ1n) is 26.4. The SMILES string of the molecule is Cn1c(=O)c2c(nc(N3CCC[C@@H](NC(=O)OC(C)(C)C)C3)n2Cc2ccccc2Cl)c2cc(C(=O)O)ccc21.Cn1c(=O)c2c(nc(N3CCC[C@@H](NC(=O)OC(C)(C)C)C3)n2Cc2ccccc2Cl)c2cc(C(N)=O)ccc21. The molecule has 0 saturated carbocycles. The average Bonchev–Trinajstić information content (AvgIpc) is 4.16. The number of aryl methyl sites for hydroxylation is 2. The van der Waals surface area contributed by atoms with E-state index in [2.05, 4.69) is 20.4 Å². The molecule has 3 amide bonds. The van der Waals surface area contributed by atoms with Crippen LogP contribution in [0.25, 0.3) is 43.9 Å². The molecule has 2 atom stereocenters. The number of halogens is 2. The Labute approximate surface area is 471 Å². The summed E-state index contributed by atoms with van der Waals surface area (Å²) in [5, 5.41) is 17.9. The molecule has 2 saturated heterocycles. The minimum Gasteiger partial charge on any atom is -0.478 e. The van der Waals surface area contributed by atoms with Crippen LogP contribution in [0.5, 0.6) is 0 Å². The lowest BCUT2D eigenvalue weighted by molar-refractivity contribution is 0.0488. The number of hydrogen-bond donors (Lipinski definition) is 4. The molecule has 4 aromatic heterocycles. The lowest BCUT2D eigenvalue weighted by Gasteiger charge is -2.34. The number of pyridine rings is 2. The van der Waals surface area contributed by atoms with Gasteiger partial charge in [-0.25, -0.2) is 24.4 Å². The molecule has 0 bridgehead atoms. The molecule has 20 nitrogen and oxygen atoms in total. The number of aromatic nitrogens is 6. The number of anilines is 2. The smallest absolute Gasteiger partial charge is 0.407 e. The van der Waals surface area contributed by atoms with Crippen LogP contribution in [0.15, 0.2) is 94.5 Å². The highest BCUT2D eigenvalue weighted by atomic mass is 35.5. The predicted molar refractivity (Wildman–Crippen MR) is 311 cm³/mol. The Morgan fingerprint density at radius 1 is 0.637 bits per heavy atom. The Hall–Kier alpha value is -8.10. The van der Waals surface area contributed by atoms with Crippen LogP contribution in [0.3, 0.4) is 0 Å². The third kappa shape index (κ3) is 12.1. The van der Waals surface area contributed by atoms with E-state index in [1.54, 1.807) is 55.1 Å². The monoisotopic (exact) mass is 1130 g/mol. The first-order valence-corrected chi connectivity index (χ1v) is 27.2. The summed E-state index contributed by atoms with van der Waals surface area (Å²) in [4.78, 5) is 90.4. The fraction of sp³-hybridized carbons (Fsp3) is 0.379. The summed E-state index contributed by atoms with van der Waals surface area (Å²) < 4.78 is 17.7. The van der Waals surface area contributed by atoms with Crippen molar-refractivity contribution in [1.82, 2.24) is 38.9 Å². The van der Waals surface area contributed by atoms with E-state index >= 15 is 0 Å². The molecule has 8 aromatic rings. The highest BCUT2D eigenvalue weighted by Crippen LogP contribution is 2.34. The number of piperidine rings is 2. The van der Waals surface area contributed by atoms with E-state index in [-0.39, 0.29) is 35.3 Å². The van der Waals surface area contributed by atoms with Crippen molar-refractivity contribution >= 4 is 103 Å². The van der Waals surface area contributed by atoms with Crippen molar-refractivity contribution < 1.29 is 33.8 Å². The number of primary amides is 1.